The third kappa shape index (κ3) is 3.20. The molecular weight excluding hydrogens is 361 g/mol. The lowest BCUT2D eigenvalue weighted by atomic mass is 10.2. The molecule has 0 spiro atoms. The Hall–Kier alpha value is -2.17. The van der Waals surface area contributed by atoms with Crippen molar-refractivity contribution < 1.29 is 14.3 Å². The lowest BCUT2D eigenvalue weighted by molar-refractivity contribution is 0.0585. The minimum absolute atomic E-state index is 0.132. The van der Waals surface area contributed by atoms with E-state index in [1.54, 1.807) is 16.7 Å². The molecule has 0 aliphatic rings. The number of hydrogen-bond acceptors (Lipinski definition) is 3. The smallest absolute Gasteiger partial charge is 0.358 e. The zero-order valence-corrected chi connectivity index (χ0v) is 15.6. The van der Waals surface area contributed by atoms with Gasteiger partial charge in [0.05, 0.1) is 28.8 Å². The summed E-state index contributed by atoms with van der Waals surface area (Å²) in [5.41, 5.74) is 1.82. The molecule has 25 heavy (non-hydrogen) atoms. The molecule has 0 aliphatic carbocycles. The summed E-state index contributed by atoms with van der Waals surface area (Å²) in [5.74, 6) is -0.0674. The summed E-state index contributed by atoms with van der Waals surface area (Å²) in [6.45, 7) is 3.79. The monoisotopic (exact) mass is 377 g/mol. The van der Waals surface area contributed by atoms with Gasteiger partial charge < -0.3 is 14.0 Å². The number of ether oxygens (including phenoxy) is 2. The van der Waals surface area contributed by atoms with Crippen LogP contribution in [0.2, 0.25) is 10.0 Å². The fourth-order valence-corrected chi connectivity index (χ4v) is 3.06. The number of aromatic nitrogens is 1. The first kappa shape index (κ1) is 17.6. The zero-order valence-electron chi connectivity index (χ0n) is 14.0. The molecule has 3 aromatic rings. The second-order valence-corrected chi connectivity index (χ2v) is 6.60. The molecule has 6 heteroatoms. The molecule has 3 rings (SSSR count). The van der Waals surface area contributed by atoms with Crippen LogP contribution in [0.1, 0.15) is 24.3 Å². The van der Waals surface area contributed by atoms with Crippen molar-refractivity contribution in [3.63, 3.8) is 0 Å². The van der Waals surface area contributed by atoms with E-state index in [1.807, 2.05) is 44.2 Å². The van der Waals surface area contributed by atoms with Crippen molar-refractivity contribution in [1.82, 2.24) is 4.57 Å². The van der Waals surface area contributed by atoms with Gasteiger partial charge in [-0.25, -0.2) is 4.79 Å². The second-order valence-electron chi connectivity index (χ2n) is 5.79. The summed E-state index contributed by atoms with van der Waals surface area (Å²) in [7, 11) is 1.34. The molecule has 0 bridgehead atoms. The summed E-state index contributed by atoms with van der Waals surface area (Å²) in [6.07, 6.45) is -0.132. The third-order valence-electron chi connectivity index (χ3n) is 3.71. The van der Waals surface area contributed by atoms with Crippen molar-refractivity contribution in [3.05, 3.63) is 58.2 Å². The van der Waals surface area contributed by atoms with Gasteiger partial charge in [-0.05, 0) is 38.1 Å². The van der Waals surface area contributed by atoms with Crippen LogP contribution in [0.4, 0.5) is 0 Å². The SMILES string of the molecule is COC(=O)c1c(OC(C)C)c2cc(Cl)c(Cl)cc2n1-c1ccccc1. The van der Waals surface area contributed by atoms with E-state index in [0.717, 1.165) is 11.2 Å². The quantitative estimate of drug-likeness (QED) is 0.562. The minimum Gasteiger partial charge on any atom is -0.488 e. The number of nitrogens with zero attached hydrogens (tertiary/aromatic N) is 1. The van der Waals surface area contributed by atoms with Crippen LogP contribution in [0.3, 0.4) is 0 Å². The van der Waals surface area contributed by atoms with Crippen LogP contribution in [0.25, 0.3) is 16.6 Å². The van der Waals surface area contributed by atoms with Gasteiger partial charge in [0.15, 0.2) is 11.4 Å². The molecule has 0 fully saturated rings. The average Bonchev–Trinajstić information content (AvgIpc) is 2.88. The number of benzene rings is 2. The molecule has 1 heterocycles. The van der Waals surface area contributed by atoms with Gasteiger partial charge in [0.1, 0.15) is 0 Å². The lowest BCUT2D eigenvalue weighted by Crippen LogP contribution is -2.13. The van der Waals surface area contributed by atoms with Crippen LogP contribution >= 0.6 is 23.2 Å². The highest BCUT2D eigenvalue weighted by atomic mass is 35.5. The molecule has 2 aromatic carbocycles. The van der Waals surface area contributed by atoms with Crippen LogP contribution in [0, 0.1) is 0 Å². The number of rotatable bonds is 4. The van der Waals surface area contributed by atoms with Gasteiger partial charge in [-0.3, -0.25) is 0 Å². The van der Waals surface area contributed by atoms with Gasteiger partial charge in [-0.15, -0.1) is 0 Å². The summed E-state index contributed by atoms with van der Waals surface area (Å²) in [4.78, 5) is 12.6. The first-order chi connectivity index (χ1) is 11.9. The maximum Gasteiger partial charge on any atom is 0.358 e. The number of fused-ring (bicyclic) bond motifs is 1. The van der Waals surface area contributed by atoms with Crippen LogP contribution in [0.5, 0.6) is 5.75 Å². The van der Waals surface area contributed by atoms with Crippen molar-refractivity contribution in [2.45, 2.75) is 20.0 Å². The van der Waals surface area contributed by atoms with Crippen molar-refractivity contribution in [2.24, 2.45) is 0 Å². The average molecular weight is 378 g/mol. The Kier molecular flexibility index (Phi) is 4.93. The minimum atomic E-state index is -0.497. The molecule has 130 valence electrons. The number of carbonyl (C=O) groups excluding carboxylic acids is 1. The Labute approximate surface area is 155 Å². The predicted molar refractivity (Wildman–Crippen MR) is 100 cm³/mol. The highest BCUT2D eigenvalue weighted by Crippen LogP contribution is 2.40. The maximum atomic E-state index is 12.6. The van der Waals surface area contributed by atoms with Gasteiger partial charge in [-0.1, -0.05) is 41.4 Å². The van der Waals surface area contributed by atoms with Crippen LogP contribution in [-0.2, 0) is 4.74 Å². The first-order valence-electron chi connectivity index (χ1n) is 7.78. The molecule has 0 amide bonds. The van der Waals surface area contributed by atoms with E-state index >= 15 is 0 Å². The molecule has 0 saturated heterocycles. The van der Waals surface area contributed by atoms with Crippen molar-refractivity contribution in [2.75, 3.05) is 7.11 Å². The topological polar surface area (TPSA) is 40.5 Å². The molecule has 0 N–H and O–H groups in total. The van der Waals surface area contributed by atoms with Crippen molar-refractivity contribution in [3.8, 4) is 11.4 Å². The van der Waals surface area contributed by atoms with E-state index in [0.29, 0.717) is 26.9 Å². The Balaban J connectivity index is 2.46. The number of hydrogen-bond donors (Lipinski definition) is 0. The number of carbonyl (C=O) groups is 1. The predicted octanol–water partition coefficient (Wildman–Crippen LogP) is 5.51. The van der Waals surface area contributed by atoms with Crippen LogP contribution in [0.15, 0.2) is 42.5 Å². The molecular formula is C19H17Cl2NO3. The number of esters is 1. The van der Waals surface area contributed by atoms with E-state index < -0.39 is 5.97 Å². The Morgan fingerprint density at radius 1 is 1.08 bits per heavy atom. The van der Waals surface area contributed by atoms with E-state index in [9.17, 15) is 4.79 Å². The number of methoxy groups -OCH3 is 1. The zero-order chi connectivity index (χ0) is 18.1. The normalized spacial score (nSPS) is 11.1. The summed E-state index contributed by atoms with van der Waals surface area (Å²) in [6, 6.07) is 12.9. The fraction of sp³-hybridized carbons (Fsp3) is 0.211. The van der Waals surface area contributed by atoms with Crippen molar-refractivity contribution in [1.29, 1.82) is 0 Å². The highest BCUT2D eigenvalue weighted by Gasteiger charge is 2.27. The van der Waals surface area contributed by atoms with E-state index in [4.69, 9.17) is 32.7 Å². The van der Waals surface area contributed by atoms with Gasteiger partial charge >= 0.3 is 5.97 Å². The second kappa shape index (κ2) is 6.98. The molecule has 0 saturated carbocycles. The van der Waals surface area contributed by atoms with Gasteiger partial charge in [0, 0.05) is 11.1 Å². The van der Waals surface area contributed by atoms with Gasteiger partial charge in [0.25, 0.3) is 0 Å². The highest BCUT2D eigenvalue weighted by molar-refractivity contribution is 6.43. The summed E-state index contributed by atoms with van der Waals surface area (Å²) in [5, 5.41) is 1.49. The van der Waals surface area contributed by atoms with Crippen molar-refractivity contribution >= 4 is 40.1 Å². The van der Waals surface area contributed by atoms with E-state index in [-0.39, 0.29) is 6.10 Å². The van der Waals surface area contributed by atoms with Gasteiger partial charge in [-0.2, -0.15) is 0 Å². The van der Waals surface area contributed by atoms with E-state index in [2.05, 4.69) is 0 Å². The number of para-hydroxylation sites is 1. The molecule has 4 nitrogen and oxygen atoms in total. The first-order valence-corrected chi connectivity index (χ1v) is 8.53. The van der Waals surface area contributed by atoms with Crippen LogP contribution < -0.4 is 4.74 Å². The number of halogens is 2. The van der Waals surface area contributed by atoms with Gasteiger partial charge in [0.2, 0.25) is 0 Å². The fourth-order valence-electron chi connectivity index (χ4n) is 2.73. The van der Waals surface area contributed by atoms with Crippen LogP contribution in [-0.4, -0.2) is 23.8 Å². The molecule has 0 radical (unpaired) electrons. The Morgan fingerprint density at radius 3 is 2.32 bits per heavy atom. The van der Waals surface area contributed by atoms with E-state index in [1.165, 1.54) is 7.11 Å². The molecule has 0 aliphatic heterocycles. The molecule has 1 aromatic heterocycles. The summed E-state index contributed by atoms with van der Waals surface area (Å²) < 4.78 is 12.7. The largest absolute Gasteiger partial charge is 0.488 e. The maximum absolute atomic E-state index is 12.6. The Bertz CT molecular complexity index is 933. The molecule has 0 atom stereocenters. The standard InChI is InChI=1S/C19H17Cl2NO3/c1-11(2)25-18-13-9-14(20)15(21)10-16(13)22(17(18)19(23)24-3)12-7-5-4-6-8-12/h4-11H,1-3H3. The summed E-state index contributed by atoms with van der Waals surface area (Å²) >= 11 is 12.4. The third-order valence-corrected chi connectivity index (χ3v) is 4.43. The lowest BCUT2D eigenvalue weighted by Gasteiger charge is -2.12. The Morgan fingerprint density at radius 2 is 1.72 bits per heavy atom. The molecule has 0 unspecified atom stereocenters.